The maximum Gasteiger partial charge on any atom is 0.306 e. The molecule has 3 heteroatoms. The van der Waals surface area contributed by atoms with E-state index < -0.39 is 0 Å². The molecule has 0 aromatic heterocycles. The van der Waals surface area contributed by atoms with E-state index in [1.54, 1.807) is 0 Å². The van der Waals surface area contributed by atoms with E-state index >= 15 is 0 Å². The number of carbonyl (C=O) groups is 2. The Balaban J connectivity index is 1.52. The molecule has 0 amide bonds. The van der Waals surface area contributed by atoms with Gasteiger partial charge in [-0.25, -0.2) is 0 Å². The first-order chi connectivity index (χ1) is 12.4. The van der Waals surface area contributed by atoms with Crippen molar-refractivity contribution in [3.63, 3.8) is 0 Å². The lowest BCUT2D eigenvalue weighted by atomic mass is 9.45. The Morgan fingerprint density at radius 3 is 2.58 bits per heavy atom. The number of Topliss-reactive ketones (excluding diaryl/α,β-unsaturated/α-hetero) is 1. The SMILES string of the molecule is CCCC(=O)O[C@@H]1CCC2C3CC[C@H]4CC(=O)CC[C@]4(C)C3CC[C@@]21C. The summed E-state index contributed by atoms with van der Waals surface area (Å²) in [7, 11) is 0. The Morgan fingerprint density at radius 1 is 1.04 bits per heavy atom. The Hall–Kier alpha value is -0.860. The molecule has 7 atom stereocenters. The lowest BCUT2D eigenvalue weighted by molar-refractivity contribution is -0.164. The van der Waals surface area contributed by atoms with E-state index in [1.165, 1.54) is 32.1 Å². The third kappa shape index (κ3) is 2.76. The molecule has 0 bridgehead atoms. The van der Waals surface area contributed by atoms with Gasteiger partial charge in [-0.1, -0.05) is 20.8 Å². The molecule has 4 rings (SSSR count). The van der Waals surface area contributed by atoms with E-state index in [0.717, 1.165) is 43.9 Å². The molecule has 0 aliphatic heterocycles. The maximum atomic E-state index is 12.1. The molecule has 0 radical (unpaired) electrons. The van der Waals surface area contributed by atoms with Crippen LogP contribution in [0.4, 0.5) is 0 Å². The summed E-state index contributed by atoms with van der Waals surface area (Å²) >= 11 is 0. The zero-order chi connectivity index (χ0) is 18.5. The molecule has 26 heavy (non-hydrogen) atoms. The molecule has 4 saturated carbocycles. The molecule has 146 valence electrons. The average Bonchev–Trinajstić information content (AvgIpc) is 2.92. The molecule has 0 N–H and O–H groups in total. The highest BCUT2D eigenvalue weighted by Crippen LogP contribution is 2.66. The predicted octanol–water partition coefficient (Wildman–Crippen LogP) is 5.31. The average molecular weight is 361 g/mol. The van der Waals surface area contributed by atoms with Crippen molar-refractivity contribution >= 4 is 11.8 Å². The van der Waals surface area contributed by atoms with Gasteiger partial charge in [0.25, 0.3) is 0 Å². The molecule has 0 aromatic carbocycles. The Bertz CT molecular complexity index is 584. The third-order valence-corrected chi connectivity index (χ3v) is 9.12. The summed E-state index contributed by atoms with van der Waals surface area (Å²) in [6.45, 7) is 6.95. The van der Waals surface area contributed by atoms with Crippen LogP contribution in [0.15, 0.2) is 0 Å². The van der Waals surface area contributed by atoms with Crippen LogP contribution in [0.3, 0.4) is 0 Å². The Morgan fingerprint density at radius 2 is 1.81 bits per heavy atom. The van der Waals surface area contributed by atoms with Crippen LogP contribution in [0.2, 0.25) is 0 Å². The fourth-order valence-electron chi connectivity index (χ4n) is 7.61. The number of carbonyl (C=O) groups excluding carboxylic acids is 2. The number of esters is 1. The van der Waals surface area contributed by atoms with Gasteiger partial charge in [0, 0.05) is 24.7 Å². The summed E-state index contributed by atoms with van der Waals surface area (Å²) in [5.74, 6) is 3.37. The van der Waals surface area contributed by atoms with Gasteiger partial charge in [-0.2, -0.15) is 0 Å². The van der Waals surface area contributed by atoms with Crippen LogP contribution in [0, 0.1) is 34.5 Å². The van der Waals surface area contributed by atoms with Crippen LogP contribution in [0.1, 0.15) is 91.4 Å². The lowest BCUT2D eigenvalue weighted by Gasteiger charge is -2.60. The quantitative estimate of drug-likeness (QED) is 0.641. The predicted molar refractivity (Wildman–Crippen MR) is 102 cm³/mol. The first-order valence-electron chi connectivity index (χ1n) is 11.1. The second-order valence-electron chi connectivity index (χ2n) is 10.3. The monoisotopic (exact) mass is 360 g/mol. The number of rotatable bonds is 3. The van der Waals surface area contributed by atoms with E-state index in [4.69, 9.17) is 4.74 Å². The van der Waals surface area contributed by atoms with E-state index in [2.05, 4.69) is 13.8 Å². The van der Waals surface area contributed by atoms with Gasteiger partial charge in [0.15, 0.2) is 0 Å². The molecule has 4 aliphatic carbocycles. The van der Waals surface area contributed by atoms with Gasteiger partial charge in [0.05, 0.1) is 0 Å². The summed E-state index contributed by atoms with van der Waals surface area (Å²) < 4.78 is 5.97. The molecule has 0 heterocycles. The number of hydrogen-bond donors (Lipinski definition) is 0. The fourth-order valence-corrected chi connectivity index (χ4v) is 7.61. The van der Waals surface area contributed by atoms with Crippen molar-refractivity contribution in [1.82, 2.24) is 0 Å². The molecule has 3 nitrogen and oxygen atoms in total. The minimum atomic E-state index is 0.00274. The third-order valence-electron chi connectivity index (χ3n) is 9.12. The van der Waals surface area contributed by atoms with E-state index in [0.29, 0.717) is 29.5 Å². The summed E-state index contributed by atoms with van der Waals surface area (Å²) in [5.41, 5.74) is 0.549. The van der Waals surface area contributed by atoms with E-state index in [1.807, 2.05) is 6.92 Å². The van der Waals surface area contributed by atoms with Crippen LogP contribution in [-0.4, -0.2) is 17.9 Å². The summed E-state index contributed by atoms with van der Waals surface area (Å²) in [4.78, 5) is 24.1. The first kappa shape index (κ1) is 18.5. The standard InChI is InChI=1S/C23H36O3/c1-4-5-21(25)26-20-9-8-18-17-7-6-15-14-16(24)10-12-22(15,2)19(17)11-13-23(18,20)3/h15,17-20H,4-14H2,1-3H3/t15-,17?,18?,19?,20+,22-,23-/m0/s1. The zero-order valence-corrected chi connectivity index (χ0v) is 16.9. The molecule has 3 unspecified atom stereocenters. The normalized spacial score (nSPS) is 47.7. The first-order valence-corrected chi connectivity index (χ1v) is 11.1. The van der Waals surface area contributed by atoms with Crippen molar-refractivity contribution < 1.29 is 14.3 Å². The smallest absolute Gasteiger partial charge is 0.306 e. The van der Waals surface area contributed by atoms with Gasteiger partial charge in [-0.15, -0.1) is 0 Å². The zero-order valence-electron chi connectivity index (χ0n) is 16.9. The number of ether oxygens (including phenoxy) is 1. The fraction of sp³-hybridized carbons (Fsp3) is 0.913. The van der Waals surface area contributed by atoms with Crippen molar-refractivity contribution in [1.29, 1.82) is 0 Å². The van der Waals surface area contributed by atoms with Crippen molar-refractivity contribution in [2.75, 3.05) is 0 Å². The van der Waals surface area contributed by atoms with Crippen LogP contribution in [0.5, 0.6) is 0 Å². The van der Waals surface area contributed by atoms with Gasteiger partial charge in [-0.3, -0.25) is 9.59 Å². The summed E-state index contributed by atoms with van der Waals surface area (Å²) in [5, 5.41) is 0. The van der Waals surface area contributed by atoms with Crippen molar-refractivity contribution in [3.05, 3.63) is 0 Å². The van der Waals surface area contributed by atoms with Gasteiger partial charge in [0.1, 0.15) is 11.9 Å². The van der Waals surface area contributed by atoms with Crippen molar-refractivity contribution in [2.24, 2.45) is 34.5 Å². The molecular formula is C23H36O3. The number of fused-ring (bicyclic) bond motifs is 5. The van der Waals surface area contributed by atoms with Crippen LogP contribution in [-0.2, 0) is 14.3 Å². The van der Waals surface area contributed by atoms with E-state index in [9.17, 15) is 9.59 Å². The second-order valence-corrected chi connectivity index (χ2v) is 10.3. The number of ketones is 1. The summed E-state index contributed by atoms with van der Waals surface area (Å²) in [6, 6.07) is 0. The van der Waals surface area contributed by atoms with Gasteiger partial charge < -0.3 is 4.74 Å². The topological polar surface area (TPSA) is 43.4 Å². The Labute approximate surface area is 158 Å². The highest BCUT2D eigenvalue weighted by atomic mass is 16.5. The lowest BCUT2D eigenvalue weighted by Crippen LogP contribution is -2.54. The minimum Gasteiger partial charge on any atom is -0.462 e. The van der Waals surface area contributed by atoms with Crippen LogP contribution in [0.25, 0.3) is 0 Å². The highest BCUT2D eigenvalue weighted by molar-refractivity contribution is 5.79. The minimum absolute atomic E-state index is 0.00274. The summed E-state index contributed by atoms with van der Waals surface area (Å²) in [6.07, 6.45) is 11.5. The maximum absolute atomic E-state index is 12.1. The van der Waals surface area contributed by atoms with Gasteiger partial charge >= 0.3 is 5.97 Å². The van der Waals surface area contributed by atoms with E-state index in [-0.39, 0.29) is 17.5 Å². The molecular weight excluding hydrogens is 324 g/mol. The number of hydrogen-bond acceptors (Lipinski definition) is 3. The molecule has 0 spiro atoms. The van der Waals surface area contributed by atoms with Crippen molar-refractivity contribution in [2.45, 2.75) is 97.5 Å². The van der Waals surface area contributed by atoms with Gasteiger partial charge in [0.2, 0.25) is 0 Å². The van der Waals surface area contributed by atoms with Crippen molar-refractivity contribution in [3.8, 4) is 0 Å². The Kier molecular flexibility index (Phi) is 4.72. The highest BCUT2D eigenvalue weighted by Gasteiger charge is 2.61. The molecule has 0 aromatic rings. The molecule has 4 fully saturated rings. The van der Waals surface area contributed by atoms with Crippen LogP contribution < -0.4 is 0 Å². The largest absolute Gasteiger partial charge is 0.462 e. The van der Waals surface area contributed by atoms with Crippen LogP contribution >= 0.6 is 0 Å². The molecule has 4 aliphatic rings. The van der Waals surface area contributed by atoms with Gasteiger partial charge in [-0.05, 0) is 80.5 Å². The second kappa shape index (κ2) is 6.63. The molecule has 0 saturated heterocycles.